The Kier molecular flexibility index (Phi) is 2.95. The maximum atomic E-state index is 14.0. The van der Waals surface area contributed by atoms with Gasteiger partial charge in [-0.15, -0.1) is 0 Å². The molecule has 2 nitrogen and oxygen atoms in total. The standard InChI is InChI=1S/C19H23FO2/c1-22-16(21)19-9-14-7-17(11-19,13-20)10-18(8-14,12-19)15-5-3-2-4-6-15/h2-6,14H,7-13H2,1H3. The van der Waals surface area contributed by atoms with E-state index >= 15 is 0 Å². The largest absolute Gasteiger partial charge is 0.469 e. The third kappa shape index (κ3) is 1.80. The smallest absolute Gasteiger partial charge is 0.311 e. The second-order valence-electron chi connectivity index (χ2n) is 8.06. The Bertz CT molecular complexity index is 601. The maximum Gasteiger partial charge on any atom is 0.311 e. The van der Waals surface area contributed by atoms with Crippen molar-refractivity contribution < 1.29 is 13.9 Å². The number of methoxy groups -OCH3 is 1. The van der Waals surface area contributed by atoms with E-state index in [9.17, 15) is 9.18 Å². The van der Waals surface area contributed by atoms with Crippen LogP contribution in [0.3, 0.4) is 0 Å². The van der Waals surface area contributed by atoms with Gasteiger partial charge < -0.3 is 4.74 Å². The molecule has 0 radical (unpaired) electrons. The summed E-state index contributed by atoms with van der Waals surface area (Å²) < 4.78 is 19.2. The summed E-state index contributed by atoms with van der Waals surface area (Å²) in [5.41, 5.74) is 0.464. The SMILES string of the molecule is COC(=O)C12CC3CC(CF)(C1)CC(c1ccccc1)(C3)C2. The first-order valence-corrected chi connectivity index (χ1v) is 8.25. The fraction of sp³-hybridized carbons (Fsp3) is 0.632. The minimum atomic E-state index is -0.462. The van der Waals surface area contributed by atoms with Crippen LogP contribution in [-0.4, -0.2) is 19.8 Å². The van der Waals surface area contributed by atoms with E-state index in [0.717, 1.165) is 32.1 Å². The highest BCUT2D eigenvalue weighted by Gasteiger charge is 2.66. The van der Waals surface area contributed by atoms with Crippen molar-refractivity contribution in [2.45, 2.75) is 43.9 Å². The first-order valence-electron chi connectivity index (χ1n) is 8.25. The average molecular weight is 302 g/mol. The van der Waals surface area contributed by atoms with Crippen LogP contribution in [0.1, 0.15) is 44.1 Å². The van der Waals surface area contributed by atoms with Crippen molar-refractivity contribution in [3.05, 3.63) is 35.9 Å². The molecule has 0 spiro atoms. The number of rotatable bonds is 3. The second-order valence-corrected chi connectivity index (χ2v) is 8.06. The minimum absolute atomic E-state index is 0.0407. The highest BCUT2D eigenvalue weighted by atomic mass is 19.1. The van der Waals surface area contributed by atoms with Crippen LogP contribution in [0.4, 0.5) is 4.39 Å². The molecule has 1 aromatic rings. The molecule has 22 heavy (non-hydrogen) atoms. The van der Waals surface area contributed by atoms with E-state index in [0.29, 0.717) is 12.3 Å². The summed E-state index contributed by atoms with van der Waals surface area (Å²) in [6.45, 7) is -0.309. The molecular weight excluding hydrogens is 279 g/mol. The number of halogens is 1. The molecule has 4 atom stereocenters. The predicted molar refractivity (Wildman–Crippen MR) is 82.2 cm³/mol. The lowest BCUT2D eigenvalue weighted by molar-refractivity contribution is -0.184. The van der Waals surface area contributed by atoms with E-state index in [4.69, 9.17) is 4.74 Å². The summed E-state index contributed by atoms with van der Waals surface area (Å²) in [5, 5.41) is 0. The van der Waals surface area contributed by atoms with Crippen molar-refractivity contribution >= 4 is 5.97 Å². The molecule has 118 valence electrons. The molecule has 0 aromatic heterocycles. The summed E-state index contributed by atoms with van der Waals surface area (Å²) >= 11 is 0. The van der Waals surface area contributed by atoms with Crippen LogP contribution >= 0.6 is 0 Å². The van der Waals surface area contributed by atoms with Crippen molar-refractivity contribution in [3.8, 4) is 0 Å². The van der Waals surface area contributed by atoms with Gasteiger partial charge in [-0.05, 0) is 55.4 Å². The van der Waals surface area contributed by atoms with Crippen molar-refractivity contribution in [1.29, 1.82) is 0 Å². The maximum absolute atomic E-state index is 14.0. The van der Waals surface area contributed by atoms with Gasteiger partial charge in [0.15, 0.2) is 0 Å². The van der Waals surface area contributed by atoms with Crippen molar-refractivity contribution in [2.75, 3.05) is 13.8 Å². The third-order valence-corrected chi connectivity index (χ3v) is 6.47. The molecule has 3 heteroatoms. The van der Waals surface area contributed by atoms with Crippen LogP contribution in [0.25, 0.3) is 0 Å². The number of hydrogen-bond donors (Lipinski definition) is 0. The number of carbonyl (C=O) groups is 1. The van der Waals surface area contributed by atoms with Gasteiger partial charge in [0.1, 0.15) is 0 Å². The van der Waals surface area contributed by atoms with E-state index in [1.807, 2.05) is 6.07 Å². The Labute approximate surface area is 131 Å². The Morgan fingerprint density at radius 3 is 2.64 bits per heavy atom. The lowest BCUT2D eigenvalue weighted by atomic mass is 9.38. The molecule has 4 unspecified atom stereocenters. The summed E-state index contributed by atoms with van der Waals surface area (Å²) in [5.74, 6) is 0.334. The van der Waals surface area contributed by atoms with Gasteiger partial charge >= 0.3 is 5.97 Å². The number of carbonyl (C=O) groups excluding carboxylic acids is 1. The number of ether oxygens (including phenoxy) is 1. The van der Waals surface area contributed by atoms with Gasteiger partial charge in [0.05, 0.1) is 19.2 Å². The first-order chi connectivity index (χ1) is 10.6. The zero-order chi connectivity index (χ0) is 15.4. The molecule has 0 heterocycles. The molecule has 0 amide bonds. The lowest BCUT2D eigenvalue weighted by Gasteiger charge is -2.65. The van der Waals surface area contributed by atoms with Crippen LogP contribution in [0, 0.1) is 16.7 Å². The van der Waals surface area contributed by atoms with E-state index < -0.39 is 5.41 Å². The van der Waals surface area contributed by atoms with Gasteiger partial charge in [0.2, 0.25) is 0 Å². The van der Waals surface area contributed by atoms with E-state index in [2.05, 4.69) is 24.3 Å². The van der Waals surface area contributed by atoms with E-state index in [-0.39, 0.29) is 23.5 Å². The fourth-order valence-corrected chi connectivity index (χ4v) is 6.34. The van der Waals surface area contributed by atoms with Crippen molar-refractivity contribution in [1.82, 2.24) is 0 Å². The van der Waals surface area contributed by atoms with Crippen LogP contribution in [0.2, 0.25) is 0 Å². The third-order valence-electron chi connectivity index (χ3n) is 6.47. The van der Waals surface area contributed by atoms with Gasteiger partial charge in [-0.1, -0.05) is 30.3 Å². The average Bonchev–Trinajstić information content (AvgIpc) is 2.54. The summed E-state index contributed by atoms with van der Waals surface area (Å²) in [4.78, 5) is 12.6. The van der Waals surface area contributed by atoms with E-state index in [1.54, 1.807) is 0 Å². The molecule has 4 aliphatic carbocycles. The summed E-state index contributed by atoms with van der Waals surface area (Å²) in [6.07, 6.45) is 5.31. The molecule has 4 saturated carbocycles. The summed E-state index contributed by atoms with van der Waals surface area (Å²) in [6, 6.07) is 10.4. The molecular formula is C19H23FO2. The molecule has 4 fully saturated rings. The second kappa shape index (κ2) is 4.56. The van der Waals surface area contributed by atoms with Crippen LogP contribution in [0.5, 0.6) is 0 Å². The van der Waals surface area contributed by atoms with Gasteiger partial charge in [0, 0.05) is 5.41 Å². The Balaban J connectivity index is 1.83. The fourth-order valence-electron chi connectivity index (χ4n) is 6.34. The zero-order valence-corrected chi connectivity index (χ0v) is 13.1. The quantitative estimate of drug-likeness (QED) is 0.788. The Morgan fingerprint density at radius 1 is 1.18 bits per heavy atom. The lowest BCUT2D eigenvalue weighted by Crippen LogP contribution is -2.61. The highest BCUT2D eigenvalue weighted by molar-refractivity contribution is 5.78. The van der Waals surface area contributed by atoms with Gasteiger partial charge in [-0.3, -0.25) is 9.18 Å². The number of benzene rings is 1. The monoisotopic (exact) mass is 302 g/mol. The van der Waals surface area contributed by atoms with E-state index in [1.165, 1.54) is 12.7 Å². The first kappa shape index (κ1) is 14.2. The van der Waals surface area contributed by atoms with Crippen LogP contribution < -0.4 is 0 Å². The minimum Gasteiger partial charge on any atom is -0.469 e. The number of alkyl halides is 1. The number of esters is 1. The van der Waals surface area contributed by atoms with Gasteiger partial charge in [-0.2, -0.15) is 0 Å². The zero-order valence-electron chi connectivity index (χ0n) is 13.1. The van der Waals surface area contributed by atoms with Gasteiger partial charge in [-0.25, -0.2) is 0 Å². The van der Waals surface area contributed by atoms with Crippen LogP contribution in [-0.2, 0) is 14.9 Å². The Morgan fingerprint density at radius 2 is 1.95 bits per heavy atom. The Hall–Kier alpha value is -1.38. The molecule has 5 rings (SSSR count). The molecule has 4 aliphatic rings. The summed E-state index contributed by atoms with van der Waals surface area (Å²) in [7, 11) is 1.47. The number of hydrogen-bond acceptors (Lipinski definition) is 2. The van der Waals surface area contributed by atoms with Gasteiger partial charge in [0.25, 0.3) is 0 Å². The van der Waals surface area contributed by atoms with Crippen molar-refractivity contribution in [3.63, 3.8) is 0 Å². The molecule has 0 aliphatic heterocycles. The normalized spacial score (nSPS) is 42.4. The topological polar surface area (TPSA) is 26.3 Å². The molecule has 1 aromatic carbocycles. The highest BCUT2D eigenvalue weighted by Crippen LogP contribution is 2.70. The predicted octanol–water partition coefficient (Wildman–Crippen LogP) is 4.04. The molecule has 0 N–H and O–H groups in total. The molecule has 4 bridgehead atoms. The van der Waals surface area contributed by atoms with Crippen LogP contribution in [0.15, 0.2) is 30.3 Å². The molecule has 0 saturated heterocycles. The van der Waals surface area contributed by atoms with Crippen molar-refractivity contribution in [2.24, 2.45) is 16.7 Å².